The number of methoxy groups -OCH3 is 1. The zero-order valence-electron chi connectivity index (χ0n) is 15.5. The Labute approximate surface area is 154 Å². The number of carbonyl (C=O) groups is 2. The highest BCUT2D eigenvalue weighted by atomic mass is 16.5. The number of carboxylic acids is 2. The lowest BCUT2D eigenvalue weighted by Gasteiger charge is -2.32. The second-order valence-electron chi connectivity index (χ2n) is 6.27. The fourth-order valence-electron chi connectivity index (χ4n) is 2.78. The fourth-order valence-corrected chi connectivity index (χ4v) is 2.78. The number of nitrogens with zero attached hydrogens (tertiary/aromatic N) is 1. The molecule has 0 unspecified atom stereocenters. The van der Waals surface area contributed by atoms with Gasteiger partial charge in [0.1, 0.15) is 5.75 Å². The van der Waals surface area contributed by atoms with Crippen molar-refractivity contribution in [2.45, 2.75) is 38.9 Å². The number of hydrogen-bond acceptors (Lipinski definition) is 5. The largest absolute Gasteiger partial charge is 0.497 e. The van der Waals surface area contributed by atoms with Crippen LogP contribution < -0.4 is 10.1 Å². The molecule has 26 heavy (non-hydrogen) atoms. The van der Waals surface area contributed by atoms with Gasteiger partial charge in [-0.3, -0.25) is 4.90 Å². The average molecular weight is 364 g/mol. The van der Waals surface area contributed by atoms with E-state index in [1.165, 1.54) is 12.0 Å². The smallest absolute Gasteiger partial charge is 0.328 e. The van der Waals surface area contributed by atoms with Gasteiger partial charge in [-0.25, -0.2) is 9.59 Å². The molecule has 1 aromatic rings. The minimum absolute atomic E-state index is 0.558. The summed E-state index contributed by atoms with van der Waals surface area (Å²) in [6, 6.07) is 9.62. The molecule has 0 saturated carbocycles. The first-order valence-electron chi connectivity index (χ1n) is 8.56. The standard InChI is InChI=1S/C15H24N2O.C4H4O4/c1-12(2)17(14-7-8-16-10-14)11-13-5-4-6-15(9-13)18-3;5-3(6)1-2-4(7)8/h4-6,9,12,14,16H,7-8,10-11H2,1-3H3;1-2H,(H,5,6)(H,7,8)/t14-;/m0./s1. The Bertz CT molecular complexity index is 594. The zero-order valence-corrected chi connectivity index (χ0v) is 15.5. The van der Waals surface area contributed by atoms with Crippen LogP contribution in [0.3, 0.4) is 0 Å². The third kappa shape index (κ3) is 8.13. The van der Waals surface area contributed by atoms with Crippen LogP contribution in [0.1, 0.15) is 25.8 Å². The van der Waals surface area contributed by atoms with E-state index in [0.717, 1.165) is 25.4 Å². The van der Waals surface area contributed by atoms with Gasteiger partial charge >= 0.3 is 11.9 Å². The lowest BCUT2D eigenvalue weighted by Crippen LogP contribution is -2.41. The predicted octanol–water partition coefficient (Wildman–Crippen LogP) is 1.98. The molecule has 0 spiro atoms. The summed E-state index contributed by atoms with van der Waals surface area (Å²) in [5, 5.41) is 19.1. The van der Waals surface area contributed by atoms with E-state index in [4.69, 9.17) is 14.9 Å². The van der Waals surface area contributed by atoms with Crippen molar-refractivity contribution in [2.75, 3.05) is 20.2 Å². The van der Waals surface area contributed by atoms with E-state index in [2.05, 4.69) is 42.3 Å². The highest BCUT2D eigenvalue weighted by Gasteiger charge is 2.24. The van der Waals surface area contributed by atoms with Gasteiger partial charge in [-0.05, 0) is 44.5 Å². The quantitative estimate of drug-likeness (QED) is 0.636. The van der Waals surface area contributed by atoms with Crippen LogP contribution in [-0.4, -0.2) is 59.3 Å². The topological polar surface area (TPSA) is 99.1 Å². The molecule has 144 valence electrons. The number of rotatable bonds is 7. The summed E-state index contributed by atoms with van der Waals surface area (Å²) in [6.07, 6.45) is 2.37. The van der Waals surface area contributed by atoms with Crippen LogP contribution in [0.15, 0.2) is 36.4 Å². The molecular formula is C19H28N2O5. The van der Waals surface area contributed by atoms with Crippen LogP contribution in [0.2, 0.25) is 0 Å². The third-order valence-corrected chi connectivity index (χ3v) is 4.03. The lowest BCUT2D eigenvalue weighted by atomic mass is 10.1. The normalized spacial score (nSPS) is 16.6. The number of carboxylic acid groups (broad SMARTS) is 2. The summed E-state index contributed by atoms with van der Waals surface area (Å²) in [5.41, 5.74) is 1.33. The molecule has 1 fully saturated rings. The summed E-state index contributed by atoms with van der Waals surface area (Å²) in [6.45, 7) is 7.81. The Balaban J connectivity index is 0.000000359. The highest BCUT2D eigenvalue weighted by Crippen LogP contribution is 2.19. The summed E-state index contributed by atoms with van der Waals surface area (Å²) in [7, 11) is 1.72. The predicted molar refractivity (Wildman–Crippen MR) is 99.4 cm³/mol. The van der Waals surface area contributed by atoms with E-state index < -0.39 is 11.9 Å². The SMILES string of the molecule is COc1cccc(CN(C(C)C)[C@H]2CCNC2)c1.O=C(O)C=CC(=O)O. The average Bonchev–Trinajstić information content (AvgIpc) is 3.12. The van der Waals surface area contributed by atoms with Gasteiger partial charge in [0, 0.05) is 37.3 Å². The molecule has 2 rings (SSSR count). The zero-order chi connectivity index (χ0) is 19.5. The van der Waals surface area contributed by atoms with Gasteiger partial charge in [-0.15, -0.1) is 0 Å². The second-order valence-corrected chi connectivity index (χ2v) is 6.27. The van der Waals surface area contributed by atoms with Crippen LogP contribution in [0, 0.1) is 0 Å². The molecule has 1 aliphatic rings. The first-order chi connectivity index (χ1) is 12.3. The molecule has 1 heterocycles. The van der Waals surface area contributed by atoms with Crippen molar-refractivity contribution in [3.8, 4) is 5.75 Å². The van der Waals surface area contributed by atoms with E-state index in [-0.39, 0.29) is 0 Å². The summed E-state index contributed by atoms with van der Waals surface area (Å²) in [4.78, 5) is 21.7. The second kappa shape index (κ2) is 11.3. The summed E-state index contributed by atoms with van der Waals surface area (Å²) < 4.78 is 5.29. The molecule has 3 N–H and O–H groups in total. The van der Waals surface area contributed by atoms with Crippen molar-refractivity contribution < 1.29 is 24.5 Å². The van der Waals surface area contributed by atoms with Gasteiger partial charge in [-0.1, -0.05) is 12.1 Å². The summed E-state index contributed by atoms with van der Waals surface area (Å²) in [5.74, 6) is -1.57. The van der Waals surface area contributed by atoms with Crippen LogP contribution in [0.5, 0.6) is 5.75 Å². The van der Waals surface area contributed by atoms with Crippen molar-refractivity contribution in [2.24, 2.45) is 0 Å². The van der Waals surface area contributed by atoms with E-state index >= 15 is 0 Å². The monoisotopic (exact) mass is 364 g/mol. The minimum Gasteiger partial charge on any atom is -0.497 e. The maximum absolute atomic E-state index is 9.55. The van der Waals surface area contributed by atoms with E-state index in [9.17, 15) is 9.59 Å². The first kappa shape index (κ1) is 21.7. The molecule has 1 aromatic carbocycles. The van der Waals surface area contributed by atoms with Gasteiger partial charge in [0.25, 0.3) is 0 Å². The van der Waals surface area contributed by atoms with Crippen molar-refractivity contribution in [1.82, 2.24) is 10.2 Å². The molecular weight excluding hydrogens is 336 g/mol. The van der Waals surface area contributed by atoms with Crippen molar-refractivity contribution in [3.05, 3.63) is 42.0 Å². The minimum atomic E-state index is -1.26. The Morgan fingerprint density at radius 1 is 1.31 bits per heavy atom. The first-order valence-corrected chi connectivity index (χ1v) is 8.56. The van der Waals surface area contributed by atoms with Gasteiger partial charge < -0.3 is 20.3 Å². The lowest BCUT2D eigenvalue weighted by molar-refractivity contribution is -0.134. The molecule has 7 nitrogen and oxygen atoms in total. The van der Waals surface area contributed by atoms with Crippen LogP contribution in [0.4, 0.5) is 0 Å². The Kier molecular flexibility index (Phi) is 9.40. The molecule has 1 aliphatic heterocycles. The summed E-state index contributed by atoms with van der Waals surface area (Å²) >= 11 is 0. The highest BCUT2D eigenvalue weighted by molar-refractivity contribution is 5.89. The van der Waals surface area contributed by atoms with Crippen molar-refractivity contribution in [3.63, 3.8) is 0 Å². The fraction of sp³-hybridized carbons (Fsp3) is 0.474. The Morgan fingerprint density at radius 3 is 2.42 bits per heavy atom. The number of benzene rings is 1. The molecule has 0 amide bonds. The van der Waals surface area contributed by atoms with E-state index in [0.29, 0.717) is 24.2 Å². The molecule has 1 saturated heterocycles. The molecule has 0 aromatic heterocycles. The van der Waals surface area contributed by atoms with Gasteiger partial charge in [-0.2, -0.15) is 0 Å². The maximum Gasteiger partial charge on any atom is 0.328 e. The molecule has 7 heteroatoms. The maximum atomic E-state index is 9.55. The van der Waals surface area contributed by atoms with E-state index in [1.54, 1.807) is 7.11 Å². The Morgan fingerprint density at radius 2 is 1.96 bits per heavy atom. The number of nitrogens with one attached hydrogen (secondary N) is 1. The van der Waals surface area contributed by atoms with Gasteiger partial charge in [0.15, 0.2) is 0 Å². The van der Waals surface area contributed by atoms with Gasteiger partial charge in [0.2, 0.25) is 0 Å². The molecule has 0 radical (unpaired) electrons. The van der Waals surface area contributed by atoms with Crippen LogP contribution in [0.25, 0.3) is 0 Å². The van der Waals surface area contributed by atoms with Gasteiger partial charge in [0.05, 0.1) is 7.11 Å². The molecule has 0 aliphatic carbocycles. The number of ether oxygens (including phenoxy) is 1. The van der Waals surface area contributed by atoms with Crippen LogP contribution in [-0.2, 0) is 16.1 Å². The van der Waals surface area contributed by atoms with Crippen molar-refractivity contribution >= 4 is 11.9 Å². The number of hydrogen-bond donors (Lipinski definition) is 3. The number of aliphatic carboxylic acids is 2. The molecule has 0 bridgehead atoms. The molecule has 1 atom stereocenters. The Hall–Kier alpha value is -2.38. The van der Waals surface area contributed by atoms with Crippen LogP contribution >= 0.6 is 0 Å². The third-order valence-electron chi connectivity index (χ3n) is 4.03. The van der Waals surface area contributed by atoms with Crippen molar-refractivity contribution in [1.29, 1.82) is 0 Å². The van der Waals surface area contributed by atoms with E-state index in [1.807, 2.05) is 6.07 Å².